The summed E-state index contributed by atoms with van der Waals surface area (Å²) < 4.78 is 46.5. The van der Waals surface area contributed by atoms with Gasteiger partial charge in [0.15, 0.2) is 6.79 Å². The second-order valence-corrected chi connectivity index (χ2v) is 3.06. The fraction of sp³-hybridized carbons (Fsp3) is 0.300. The van der Waals surface area contributed by atoms with Gasteiger partial charge in [0, 0.05) is 7.11 Å². The number of aromatic carboxylic acids is 1. The Labute approximate surface area is 94.6 Å². The van der Waals surface area contributed by atoms with Crippen LogP contribution in [0.25, 0.3) is 0 Å². The van der Waals surface area contributed by atoms with Gasteiger partial charge >= 0.3 is 12.1 Å². The van der Waals surface area contributed by atoms with E-state index in [0.29, 0.717) is 12.1 Å². The lowest BCUT2D eigenvalue weighted by Crippen LogP contribution is -2.10. The number of hydrogen-bond acceptors (Lipinski definition) is 3. The molecule has 0 amide bonds. The van der Waals surface area contributed by atoms with Crippen LogP contribution in [0, 0.1) is 0 Å². The number of hydrogen-bond donors (Lipinski definition) is 1. The van der Waals surface area contributed by atoms with Crippen LogP contribution in [0.5, 0.6) is 5.75 Å². The molecule has 0 aromatic heterocycles. The summed E-state index contributed by atoms with van der Waals surface area (Å²) in [6.07, 6.45) is -4.55. The van der Waals surface area contributed by atoms with E-state index in [-0.39, 0.29) is 18.1 Å². The van der Waals surface area contributed by atoms with Crippen LogP contribution in [0.4, 0.5) is 13.2 Å². The summed E-state index contributed by atoms with van der Waals surface area (Å²) in [5.74, 6) is -1.75. The molecule has 0 aliphatic heterocycles. The highest BCUT2D eigenvalue weighted by Gasteiger charge is 2.31. The number of carbonyl (C=O) groups is 1. The number of alkyl halides is 3. The summed E-state index contributed by atoms with van der Waals surface area (Å²) in [6, 6.07) is 2.15. The van der Waals surface area contributed by atoms with E-state index in [1.807, 2.05) is 0 Å². The van der Waals surface area contributed by atoms with Crippen LogP contribution >= 0.6 is 0 Å². The molecule has 1 rings (SSSR count). The Morgan fingerprint density at radius 2 is 2.06 bits per heavy atom. The molecule has 0 unspecified atom stereocenters. The highest BCUT2D eigenvalue weighted by molar-refractivity contribution is 5.91. The van der Waals surface area contributed by atoms with E-state index in [9.17, 15) is 18.0 Å². The molecule has 0 heterocycles. The molecule has 7 heteroatoms. The quantitative estimate of drug-likeness (QED) is 0.833. The van der Waals surface area contributed by atoms with Gasteiger partial charge in [0.05, 0.1) is 5.56 Å². The minimum absolute atomic E-state index is 0.332. The molecule has 1 aromatic rings. The molecule has 1 aromatic carbocycles. The van der Waals surface area contributed by atoms with Gasteiger partial charge in [-0.15, -0.1) is 0 Å². The van der Waals surface area contributed by atoms with Gasteiger partial charge in [0.2, 0.25) is 0 Å². The topological polar surface area (TPSA) is 55.8 Å². The number of carboxylic acid groups (broad SMARTS) is 1. The first kappa shape index (κ1) is 13.3. The van der Waals surface area contributed by atoms with Crippen molar-refractivity contribution in [2.24, 2.45) is 0 Å². The molecule has 4 nitrogen and oxygen atoms in total. The van der Waals surface area contributed by atoms with Crippen LogP contribution in [0.3, 0.4) is 0 Å². The van der Waals surface area contributed by atoms with Crippen molar-refractivity contribution < 1.29 is 32.5 Å². The average Bonchev–Trinajstić information content (AvgIpc) is 2.24. The average molecular weight is 250 g/mol. The van der Waals surface area contributed by atoms with Gasteiger partial charge < -0.3 is 14.6 Å². The highest BCUT2D eigenvalue weighted by Crippen LogP contribution is 2.33. The number of carboxylic acids is 1. The lowest BCUT2D eigenvalue weighted by Gasteiger charge is -2.12. The molecule has 0 fully saturated rings. The fourth-order valence-corrected chi connectivity index (χ4v) is 1.12. The molecule has 17 heavy (non-hydrogen) atoms. The van der Waals surface area contributed by atoms with E-state index in [2.05, 4.69) is 4.74 Å². The SMILES string of the molecule is COCOc1cc(C(F)(F)F)ccc1C(=O)O. The molecule has 1 N–H and O–H groups in total. The first-order chi connectivity index (χ1) is 7.86. The van der Waals surface area contributed by atoms with Crippen molar-refractivity contribution in [3.05, 3.63) is 29.3 Å². The Kier molecular flexibility index (Phi) is 3.95. The van der Waals surface area contributed by atoms with E-state index in [0.717, 1.165) is 6.07 Å². The molecule has 0 spiro atoms. The van der Waals surface area contributed by atoms with Gasteiger partial charge in [-0.3, -0.25) is 0 Å². The number of halogens is 3. The fourth-order valence-electron chi connectivity index (χ4n) is 1.12. The van der Waals surface area contributed by atoms with E-state index in [4.69, 9.17) is 9.84 Å². The largest absolute Gasteiger partial charge is 0.478 e. The number of methoxy groups -OCH3 is 1. The highest BCUT2D eigenvalue weighted by atomic mass is 19.4. The molecular formula is C10H9F3O4. The van der Waals surface area contributed by atoms with E-state index in [1.54, 1.807) is 0 Å². The standard InChI is InChI=1S/C10H9F3O4/c1-16-5-17-8-4-6(10(11,12)13)2-3-7(8)9(14)15/h2-4H,5H2,1H3,(H,14,15). The monoisotopic (exact) mass is 250 g/mol. The maximum absolute atomic E-state index is 12.4. The van der Waals surface area contributed by atoms with Crippen molar-refractivity contribution in [2.45, 2.75) is 6.18 Å². The van der Waals surface area contributed by atoms with Crippen LogP contribution in [0.2, 0.25) is 0 Å². The van der Waals surface area contributed by atoms with Gasteiger partial charge in [-0.05, 0) is 18.2 Å². The predicted octanol–water partition coefficient (Wildman–Crippen LogP) is 2.39. The minimum atomic E-state index is -4.55. The van der Waals surface area contributed by atoms with Gasteiger partial charge in [0.25, 0.3) is 0 Å². The van der Waals surface area contributed by atoms with Gasteiger partial charge in [-0.2, -0.15) is 13.2 Å². The summed E-state index contributed by atoms with van der Waals surface area (Å²) in [5, 5.41) is 8.76. The van der Waals surface area contributed by atoms with E-state index >= 15 is 0 Å². The van der Waals surface area contributed by atoms with Crippen molar-refractivity contribution in [3.8, 4) is 5.75 Å². The molecule has 0 radical (unpaired) electrons. The maximum Gasteiger partial charge on any atom is 0.416 e. The second-order valence-electron chi connectivity index (χ2n) is 3.06. The van der Waals surface area contributed by atoms with Crippen molar-refractivity contribution >= 4 is 5.97 Å². The molecule has 0 atom stereocenters. The van der Waals surface area contributed by atoms with Gasteiger partial charge in [-0.25, -0.2) is 4.79 Å². The van der Waals surface area contributed by atoms with Crippen molar-refractivity contribution in [2.75, 3.05) is 13.9 Å². The van der Waals surface area contributed by atoms with Crippen molar-refractivity contribution in [3.63, 3.8) is 0 Å². The Bertz CT molecular complexity index is 415. The Morgan fingerprint density at radius 3 is 2.53 bits per heavy atom. The van der Waals surface area contributed by atoms with Gasteiger partial charge in [-0.1, -0.05) is 0 Å². The molecule has 0 saturated carbocycles. The number of benzene rings is 1. The van der Waals surface area contributed by atoms with E-state index in [1.165, 1.54) is 7.11 Å². The third-order valence-corrected chi connectivity index (χ3v) is 1.87. The third-order valence-electron chi connectivity index (χ3n) is 1.87. The first-order valence-corrected chi connectivity index (χ1v) is 4.42. The lowest BCUT2D eigenvalue weighted by molar-refractivity contribution is -0.137. The predicted molar refractivity (Wildman–Crippen MR) is 50.9 cm³/mol. The summed E-state index contributed by atoms with van der Waals surface area (Å²) in [5.41, 5.74) is -1.33. The molecule has 0 aliphatic rings. The Morgan fingerprint density at radius 1 is 1.41 bits per heavy atom. The van der Waals surface area contributed by atoms with Crippen molar-refractivity contribution in [1.82, 2.24) is 0 Å². The van der Waals surface area contributed by atoms with Crippen LogP contribution in [-0.2, 0) is 10.9 Å². The molecule has 94 valence electrons. The van der Waals surface area contributed by atoms with Crippen LogP contribution in [0.15, 0.2) is 18.2 Å². The van der Waals surface area contributed by atoms with Crippen molar-refractivity contribution in [1.29, 1.82) is 0 Å². The second kappa shape index (κ2) is 5.05. The summed E-state index contributed by atoms with van der Waals surface area (Å²) in [7, 11) is 1.27. The zero-order chi connectivity index (χ0) is 13.1. The Hall–Kier alpha value is -1.76. The molecule has 0 bridgehead atoms. The third kappa shape index (κ3) is 3.35. The van der Waals surface area contributed by atoms with Crippen LogP contribution < -0.4 is 4.74 Å². The zero-order valence-electron chi connectivity index (χ0n) is 8.75. The summed E-state index contributed by atoms with van der Waals surface area (Å²) in [4.78, 5) is 10.7. The summed E-state index contributed by atoms with van der Waals surface area (Å²) >= 11 is 0. The van der Waals surface area contributed by atoms with Crippen LogP contribution in [0.1, 0.15) is 15.9 Å². The minimum Gasteiger partial charge on any atom is -0.478 e. The maximum atomic E-state index is 12.4. The molecular weight excluding hydrogens is 241 g/mol. The zero-order valence-corrected chi connectivity index (χ0v) is 8.75. The molecule has 0 saturated heterocycles. The first-order valence-electron chi connectivity index (χ1n) is 4.42. The number of ether oxygens (including phenoxy) is 2. The van der Waals surface area contributed by atoms with Crippen LogP contribution in [-0.4, -0.2) is 25.0 Å². The Balaban J connectivity index is 3.14. The lowest BCUT2D eigenvalue weighted by atomic mass is 10.1. The summed E-state index contributed by atoms with van der Waals surface area (Å²) in [6.45, 7) is -0.332. The van der Waals surface area contributed by atoms with E-state index < -0.39 is 17.7 Å². The smallest absolute Gasteiger partial charge is 0.416 e. The normalized spacial score (nSPS) is 11.3. The number of rotatable bonds is 4. The van der Waals surface area contributed by atoms with Gasteiger partial charge in [0.1, 0.15) is 11.3 Å². The molecule has 0 aliphatic carbocycles.